The minimum Gasteiger partial charge on any atom is -0.496 e. The van der Waals surface area contributed by atoms with E-state index in [4.69, 9.17) is 26.4 Å². The Bertz CT molecular complexity index is 861. The van der Waals surface area contributed by atoms with Crippen LogP contribution in [0.1, 0.15) is 35.7 Å². The van der Waals surface area contributed by atoms with Crippen LogP contribution in [0, 0.1) is 0 Å². The Kier molecular flexibility index (Phi) is 9.21. The number of halogens is 1. The Morgan fingerprint density at radius 1 is 1.07 bits per heavy atom. The molecule has 0 heterocycles. The van der Waals surface area contributed by atoms with Gasteiger partial charge >= 0.3 is 0 Å². The second kappa shape index (κ2) is 11.6. The summed E-state index contributed by atoms with van der Waals surface area (Å²) in [5.74, 6) is 1.73. The zero-order valence-electron chi connectivity index (χ0n) is 16.7. The predicted molar refractivity (Wildman–Crippen MR) is 121 cm³/mol. The molecule has 6 nitrogen and oxygen atoms in total. The lowest BCUT2D eigenvalue weighted by Crippen LogP contribution is -2.38. The number of hydrogen-bond acceptors (Lipinski definition) is 5. The topological polar surface area (TPSA) is 68.8 Å². The fraction of sp³-hybridized carbons (Fsp3) is 0.333. The fourth-order valence-corrected chi connectivity index (χ4v) is 3.18. The van der Waals surface area contributed by atoms with Gasteiger partial charge in [-0.25, -0.2) is 0 Å². The van der Waals surface area contributed by atoms with Gasteiger partial charge in [0.2, 0.25) is 0 Å². The van der Waals surface area contributed by atoms with Crippen molar-refractivity contribution in [2.24, 2.45) is 0 Å². The summed E-state index contributed by atoms with van der Waals surface area (Å²) in [6.45, 7) is 3.21. The largest absolute Gasteiger partial charge is 0.496 e. The Morgan fingerprint density at radius 2 is 1.79 bits per heavy atom. The minimum absolute atomic E-state index is 0.240. The molecule has 2 N–H and O–H groups in total. The van der Waals surface area contributed by atoms with E-state index in [-0.39, 0.29) is 11.0 Å². The molecule has 0 atom stereocenters. The van der Waals surface area contributed by atoms with Gasteiger partial charge in [0.15, 0.2) is 16.6 Å². The predicted octanol–water partition coefficient (Wildman–Crippen LogP) is 4.45. The third kappa shape index (κ3) is 6.90. The van der Waals surface area contributed by atoms with Crippen LogP contribution in [0.4, 0.5) is 0 Å². The van der Waals surface area contributed by atoms with Gasteiger partial charge in [0, 0.05) is 12.1 Å². The highest BCUT2D eigenvalue weighted by Crippen LogP contribution is 2.28. The first-order valence-electron chi connectivity index (χ1n) is 9.21. The molecular formula is C21H25BrN2O4S. The van der Waals surface area contributed by atoms with Crippen molar-refractivity contribution in [1.29, 1.82) is 0 Å². The molecule has 1 amide bonds. The molecular weight excluding hydrogens is 456 g/mol. The van der Waals surface area contributed by atoms with Gasteiger partial charge in [0.1, 0.15) is 5.75 Å². The number of methoxy groups -OCH3 is 2. The highest BCUT2D eigenvalue weighted by Gasteiger charge is 2.11. The van der Waals surface area contributed by atoms with Crippen molar-refractivity contribution in [2.75, 3.05) is 20.8 Å². The van der Waals surface area contributed by atoms with Crippen LogP contribution >= 0.6 is 28.1 Å². The molecule has 0 aliphatic carbocycles. The molecule has 0 bridgehead atoms. The van der Waals surface area contributed by atoms with Crippen LogP contribution in [0.15, 0.2) is 40.9 Å². The Labute approximate surface area is 185 Å². The van der Waals surface area contributed by atoms with Crippen LogP contribution in [0.5, 0.6) is 17.2 Å². The average Bonchev–Trinajstić information content (AvgIpc) is 2.72. The molecule has 8 heteroatoms. The molecule has 29 heavy (non-hydrogen) atoms. The number of carbonyl (C=O) groups excluding carboxylic acids is 1. The van der Waals surface area contributed by atoms with Crippen LogP contribution in [-0.4, -0.2) is 31.8 Å². The normalized spacial score (nSPS) is 10.2. The van der Waals surface area contributed by atoms with Crippen LogP contribution in [0.2, 0.25) is 0 Å². The van der Waals surface area contributed by atoms with E-state index in [0.717, 1.165) is 18.4 Å². The van der Waals surface area contributed by atoms with Gasteiger partial charge in [-0.2, -0.15) is 0 Å². The Morgan fingerprint density at radius 3 is 2.45 bits per heavy atom. The van der Waals surface area contributed by atoms with Crippen LogP contribution in [0.3, 0.4) is 0 Å². The fourth-order valence-electron chi connectivity index (χ4n) is 2.48. The molecule has 0 spiro atoms. The SMILES string of the molecule is CCCCOc1ccc(CNC(=S)NC(=O)c2ccc(OC)c(Br)c2)cc1OC. The zero-order valence-corrected chi connectivity index (χ0v) is 19.1. The van der Waals surface area contributed by atoms with E-state index in [0.29, 0.717) is 40.4 Å². The van der Waals surface area contributed by atoms with Crippen molar-refractivity contribution in [3.05, 3.63) is 52.0 Å². The van der Waals surface area contributed by atoms with Crippen molar-refractivity contribution >= 4 is 39.2 Å². The van der Waals surface area contributed by atoms with Gasteiger partial charge in [-0.05, 0) is 70.5 Å². The third-order valence-corrected chi connectivity index (χ3v) is 4.94. The number of unbranched alkanes of at least 4 members (excludes halogenated alkanes) is 1. The van der Waals surface area contributed by atoms with Gasteiger partial charge in [0.25, 0.3) is 5.91 Å². The molecule has 0 saturated heterocycles. The van der Waals surface area contributed by atoms with E-state index in [1.54, 1.807) is 32.4 Å². The summed E-state index contributed by atoms with van der Waals surface area (Å²) in [5.41, 5.74) is 1.42. The Hall–Kier alpha value is -2.32. The monoisotopic (exact) mass is 480 g/mol. The van der Waals surface area contributed by atoms with Crippen molar-refractivity contribution in [1.82, 2.24) is 10.6 Å². The van der Waals surface area contributed by atoms with E-state index in [1.807, 2.05) is 18.2 Å². The highest BCUT2D eigenvalue weighted by atomic mass is 79.9. The van der Waals surface area contributed by atoms with Gasteiger partial charge in [-0.1, -0.05) is 19.4 Å². The van der Waals surface area contributed by atoms with Crippen LogP contribution in [-0.2, 0) is 6.54 Å². The van der Waals surface area contributed by atoms with Crippen molar-refractivity contribution in [3.8, 4) is 17.2 Å². The average molecular weight is 481 g/mol. The lowest BCUT2D eigenvalue weighted by Gasteiger charge is -2.13. The second-order valence-electron chi connectivity index (χ2n) is 6.17. The van der Waals surface area contributed by atoms with E-state index < -0.39 is 0 Å². The van der Waals surface area contributed by atoms with Crippen molar-refractivity contribution < 1.29 is 19.0 Å². The van der Waals surface area contributed by atoms with Gasteiger partial charge < -0.3 is 19.5 Å². The summed E-state index contributed by atoms with van der Waals surface area (Å²) in [7, 11) is 3.18. The first-order chi connectivity index (χ1) is 14.0. The van der Waals surface area contributed by atoms with E-state index in [2.05, 4.69) is 33.5 Å². The van der Waals surface area contributed by atoms with Crippen molar-refractivity contribution in [2.45, 2.75) is 26.3 Å². The first-order valence-corrected chi connectivity index (χ1v) is 10.4. The van der Waals surface area contributed by atoms with E-state index >= 15 is 0 Å². The third-order valence-electron chi connectivity index (χ3n) is 4.08. The molecule has 0 aromatic heterocycles. The smallest absolute Gasteiger partial charge is 0.257 e. The molecule has 2 aromatic rings. The van der Waals surface area contributed by atoms with Crippen molar-refractivity contribution in [3.63, 3.8) is 0 Å². The molecule has 0 radical (unpaired) electrons. The number of carbonyl (C=O) groups is 1. The molecule has 0 aliphatic rings. The lowest BCUT2D eigenvalue weighted by atomic mass is 10.2. The number of hydrogen-bond donors (Lipinski definition) is 2. The van der Waals surface area contributed by atoms with E-state index in [9.17, 15) is 4.79 Å². The van der Waals surface area contributed by atoms with Gasteiger partial charge in [-0.15, -0.1) is 0 Å². The number of rotatable bonds is 9. The summed E-state index contributed by atoms with van der Waals surface area (Å²) in [6.07, 6.45) is 2.06. The molecule has 0 unspecified atom stereocenters. The maximum absolute atomic E-state index is 12.4. The zero-order chi connectivity index (χ0) is 21.2. The molecule has 2 aromatic carbocycles. The molecule has 0 saturated carbocycles. The summed E-state index contributed by atoms with van der Waals surface area (Å²) >= 11 is 8.60. The molecule has 2 rings (SSSR count). The van der Waals surface area contributed by atoms with Crippen LogP contribution < -0.4 is 24.8 Å². The summed E-state index contributed by atoms with van der Waals surface area (Å²) in [5, 5.41) is 5.94. The first kappa shape index (κ1) is 23.0. The molecule has 0 aliphatic heterocycles. The summed E-state index contributed by atoms with van der Waals surface area (Å²) < 4.78 is 17.0. The van der Waals surface area contributed by atoms with Gasteiger partial charge in [0.05, 0.1) is 25.3 Å². The number of amides is 1. The van der Waals surface area contributed by atoms with E-state index in [1.165, 1.54) is 0 Å². The maximum Gasteiger partial charge on any atom is 0.257 e. The number of ether oxygens (including phenoxy) is 3. The number of nitrogens with one attached hydrogen (secondary N) is 2. The lowest BCUT2D eigenvalue weighted by molar-refractivity contribution is 0.0976. The Balaban J connectivity index is 1.91. The number of thiocarbonyl (C=S) groups is 1. The quantitative estimate of drug-likeness (QED) is 0.408. The maximum atomic E-state index is 12.4. The minimum atomic E-state index is -0.303. The number of benzene rings is 2. The summed E-state index contributed by atoms with van der Waals surface area (Å²) in [6, 6.07) is 10.8. The van der Waals surface area contributed by atoms with Crippen LogP contribution in [0.25, 0.3) is 0 Å². The second-order valence-corrected chi connectivity index (χ2v) is 7.44. The molecule has 156 valence electrons. The molecule has 0 fully saturated rings. The standard InChI is InChI=1S/C21H25BrN2O4S/c1-4-5-10-28-18-8-6-14(11-19(18)27-3)13-23-21(29)24-20(25)15-7-9-17(26-2)16(22)12-15/h6-9,11-12H,4-5,10,13H2,1-3H3,(H2,23,24,25,29). The highest BCUT2D eigenvalue weighted by molar-refractivity contribution is 9.10. The summed E-state index contributed by atoms with van der Waals surface area (Å²) in [4.78, 5) is 12.4. The van der Waals surface area contributed by atoms with Gasteiger partial charge in [-0.3, -0.25) is 10.1 Å².